The number of fused-ring (bicyclic) bond motifs is 1. The van der Waals surface area contributed by atoms with Crippen molar-refractivity contribution in [1.29, 1.82) is 0 Å². The molecule has 0 radical (unpaired) electrons. The molecule has 11 nitrogen and oxygen atoms in total. The molecule has 3 amide bonds. The zero-order valence-electron chi connectivity index (χ0n) is 18.4. The summed E-state index contributed by atoms with van der Waals surface area (Å²) in [5.74, 6) is -1.64. The van der Waals surface area contributed by atoms with E-state index in [0.29, 0.717) is 36.1 Å². The summed E-state index contributed by atoms with van der Waals surface area (Å²) in [6.45, 7) is -0.342. The Balaban J connectivity index is 1.36. The number of carbonyl (C=O) groups is 4. The molecule has 11 heteroatoms. The first-order valence-corrected chi connectivity index (χ1v) is 10.5. The second-order valence-corrected chi connectivity index (χ2v) is 7.47. The number of nitrogens with zero attached hydrogens (tertiary/aromatic N) is 2. The summed E-state index contributed by atoms with van der Waals surface area (Å²) in [6, 6.07) is 10.5. The van der Waals surface area contributed by atoms with E-state index >= 15 is 0 Å². The Bertz CT molecular complexity index is 1100. The number of ether oxygens (including phenoxy) is 2. The monoisotopic (exact) mass is 469 g/mol. The Morgan fingerprint density at radius 2 is 1.71 bits per heavy atom. The number of hydrogen-bond acceptors (Lipinski definition) is 8. The predicted molar refractivity (Wildman–Crippen MR) is 120 cm³/mol. The first-order valence-electron chi connectivity index (χ1n) is 10.5. The lowest BCUT2D eigenvalue weighted by molar-refractivity contribution is -0.383. The van der Waals surface area contributed by atoms with Gasteiger partial charge in [-0.25, -0.2) is 0 Å². The van der Waals surface area contributed by atoms with Gasteiger partial charge in [0, 0.05) is 25.1 Å². The molecular formula is C23H23N3O8. The number of benzene rings is 2. The van der Waals surface area contributed by atoms with E-state index in [2.05, 4.69) is 5.32 Å². The summed E-state index contributed by atoms with van der Waals surface area (Å²) in [4.78, 5) is 60.2. The van der Waals surface area contributed by atoms with Crippen LogP contribution in [0.4, 0.5) is 11.4 Å². The summed E-state index contributed by atoms with van der Waals surface area (Å²) in [7, 11) is 1.38. The van der Waals surface area contributed by atoms with Crippen LogP contribution in [0.15, 0.2) is 42.5 Å². The van der Waals surface area contributed by atoms with Gasteiger partial charge in [0.15, 0.2) is 6.61 Å². The minimum Gasteiger partial charge on any atom is -0.497 e. The molecule has 0 fully saturated rings. The number of nitrogens with one attached hydrogen (secondary N) is 1. The molecule has 1 aliphatic rings. The van der Waals surface area contributed by atoms with E-state index in [9.17, 15) is 29.3 Å². The zero-order chi connectivity index (χ0) is 24.7. The fraction of sp³-hybridized carbons (Fsp3) is 0.304. The van der Waals surface area contributed by atoms with E-state index in [1.807, 2.05) is 0 Å². The number of methoxy groups -OCH3 is 1. The van der Waals surface area contributed by atoms with Crippen LogP contribution < -0.4 is 10.1 Å². The van der Waals surface area contributed by atoms with Gasteiger partial charge in [-0.15, -0.1) is 0 Å². The molecule has 1 heterocycles. The van der Waals surface area contributed by atoms with Crippen LogP contribution in [-0.2, 0) is 14.3 Å². The van der Waals surface area contributed by atoms with Crippen LogP contribution in [0.2, 0.25) is 0 Å². The van der Waals surface area contributed by atoms with Crippen LogP contribution in [0.3, 0.4) is 0 Å². The average molecular weight is 469 g/mol. The predicted octanol–water partition coefficient (Wildman–Crippen LogP) is 2.94. The van der Waals surface area contributed by atoms with Crippen LogP contribution in [0.25, 0.3) is 0 Å². The molecule has 0 saturated heterocycles. The number of amides is 3. The number of hydrogen-bond donors (Lipinski definition) is 1. The number of unbranched alkanes of at least 4 members (excludes halogenated alkanes) is 2. The van der Waals surface area contributed by atoms with Gasteiger partial charge in [0.25, 0.3) is 23.4 Å². The van der Waals surface area contributed by atoms with Crippen molar-refractivity contribution in [1.82, 2.24) is 4.90 Å². The Kier molecular flexibility index (Phi) is 7.91. The maximum atomic E-state index is 12.3. The number of esters is 1. The van der Waals surface area contributed by atoms with Crippen molar-refractivity contribution >= 4 is 35.1 Å². The van der Waals surface area contributed by atoms with Crippen molar-refractivity contribution in [3.8, 4) is 5.75 Å². The maximum Gasteiger partial charge on any atom is 0.306 e. The minimum absolute atomic E-state index is 0.0503. The normalized spacial score (nSPS) is 12.3. The highest BCUT2D eigenvalue weighted by Crippen LogP contribution is 2.28. The van der Waals surface area contributed by atoms with E-state index in [1.54, 1.807) is 24.3 Å². The standard InChI is InChI=1S/C23H23N3O8/c1-33-15-10-11-19(26(31)32)18(13-15)24-20(27)14-34-21(28)9-3-2-6-12-25-22(29)16-7-4-5-8-17(16)23(25)30/h4-5,7-8,10-11,13H,2-3,6,9,12,14H2,1H3,(H,24,27). The van der Waals surface area contributed by atoms with Crippen molar-refractivity contribution in [2.45, 2.75) is 25.7 Å². The highest BCUT2D eigenvalue weighted by atomic mass is 16.6. The van der Waals surface area contributed by atoms with E-state index in [-0.39, 0.29) is 36.2 Å². The van der Waals surface area contributed by atoms with Gasteiger partial charge in [-0.3, -0.25) is 34.2 Å². The molecule has 2 aromatic rings. The molecule has 178 valence electrons. The molecule has 0 aromatic heterocycles. The van der Waals surface area contributed by atoms with E-state index in [0.717, 1.165) is 0 Å². The molecule has 0 atom stereocenters. The SMILES string of the molecule is COc1ccc([N+](=O)[O-])c(NC(=O)COC(=O)CCCCCN2C(=O)c3ccccc3C2=O)c1. The topological polar surface area (TPSA) is 145 Å². The van der Waals surface area contributed by atoms with E-state index < -0.39 is 23.4 Å². The summed E-state index contributed by atoms with van der Waals surface area (Å²) in [6.07, 6.45) is 1.60. The van der Waals surface area contributed by atoms with Crippen molar-refractivity contribution in [3.05, 3.63) is 63.7 Å². The fourth-order valence-electron chi connectivity index (χ4n) is 3.46. The summed E-state index contributed by atoms with van der Waals surface area (Å²) < 4.78 is 9.91. The van der Waals surface area contributed by atoms with Crippen LogP contribution in [0.5, 0.6) is 5.75 Å². The quantitative estimate of drug-likeness (QED) is 0.174. The molecule has 0 bridgehead atoms. The first-order chi connectivity index (χ1) is 16.3. The van der Waals surface area contributed by atoms with Gasteiger partial charge in [0.1, 0.15) is 11.4 Å². The Morgan fingerprint density at radius 3 is 2.32 bits per heavy atom. The number of anilines is 1. The number of nitro groups is 1. The Morgan fingerprint density at radius 1 is 1.03 bits per heavy atom. The second-order valence-electron chi connectivity index (χ2n) is 7.47. The molecule has 0 saturated carbocycles. The van der Waals surface area contributed by atoms with Crippen LogP contribution in [-0.4, -0.2) is 53.8 Å². The second kappa shape index (κ2) is 11.0. The van der Waals surface area contributed by atoms with Gasteiger partial charge in [0.05, 0.1) is 23.2 Å². The molecular weight excluding hydrogens is 446 g/mol. The lowest BCUT2D eigenvalue weighted by atomic mass is 10.1. The number of rotatable bonds is 11. The van der Waals surface area contributed by atoms with Crippen molar-refractivity contribution in [2.75, 3.05) is 25.6 Å². The van der Waals surface area contributed by atoms with Crippen LogP contribution in [0, 0.1) is 10.1 Å². The third-order valence-electron chi connectivity index (χ3n) is 5.18. The average Bonchev–Trinajstić information content (AvgIpc) is 3.07. The largest absolute Gasteiger partial charge is 0.497 e. The summed E-state index contributed by atoms with van der Waals surface area (Å²) in [5, 5.41) is 13.4. The van der Waals surface area contributed by atoms with Gasteiger partial charge < -0.3 is 14.8 Å². The molecule has 1 N–H and O–H groups in total. The van der Waals surface area contributed by atoms with Crippen LogP contribution in [0.1, 0.15) is 46.4 Å². The van der Waals surface area contributed by atoms with Crippen LogP contribution >= 0.6 is 0 Å². The van der Waals surface area contributed by atoms with Crippen molar-refractivity contribution in [3.63, 3.8) is 0 Å². The third kappa shape index (κ3) is 5.74. The fourth-order valence-corrected chi connectivity index (χ4v) is 3.46. The molecule has 0 spiro atoms. The highest BCUT2D eigenvalue weighted by molar-refractivity contribution is 6.21. The molecule has 34 heavy (non-hydrogen) atoms. The molecule has 2 aromatic carbocycles. The van der Waals surface area contributed by atoms with Gasteiger partial charge in [-0.2, -0.15) is 0 Å². The third-order valence-corrected chi connectivity index (χ3v) is 5.18. The van der Waals surface area contributed by atoms with E-state index in [4.69, 9.17) is 9.47 Å². The Labute approximate surface area is 194 Å². The summed E-state index contributed by atoms with van der Waals surface area (Å²) in [5.41, 5.74) is 0.402. The summed E-state index contributed by atoms with van der Waals surface area (Å²) >= 11 is 0. The minimum atomic E-state index is -0.727. The van der Waals surface area contributed by atoms with Gasteiger partial charge in [-0.05, 0) is 31.0 Å². The first kappa shape index (κ1) is 24.4. The maximum absolute atomic E-state index is 12.3. The van der Waals surface area contributed by atoms with Gasteiger partial charge in [0.2, 0.25) is 0 Å². The number of nitro benzene ring substituents is 1. The smallest absolute Gasteiger partial charge is 0.306 e. The molecule has 0 unspecified atom stereocenters. The highest BCUT2D eigenvalue weighted by Gasteiger charge is 2.34. The lowest BCUT2D eigenvalue weighted by Gasteiger charge is -2.13. The van der Waals surface area contributed by atoms with Gasteiger partial charge in [-0.1, -0.05) is 18.6 Å². The van der Waals surface area contributed by atoms with Gasteiger partial charge >= 0.3 is 5.97 Å². The van der Waals surface area contributed by atoms with Crippen molar-refractivity contribution < 1.29 is 33.6 Å². The van der Waals surface area contributed by atoms with E-state index in [1.165, 1.54) is 30.2 Å². The molecule has 0 aliphatic carbocycles. The number of carbonyl (C=O) groups excluding carboxylic acids is 4. The lowest BCUT2D eigenvalue weighted by Crippen LogP contribution is -2.30. The Hall–Kier alpha value is -4.28. The number of imide groups is 1. The molecule has 3 rings (SSSR count). The van der Waals surface area contributed by atoms with Crippen molar-refractivity contribution in [2.24, 2.45) is 0 Å². The zero-order valence-corrected chi connectivity index (χ0v) is 18.4. The molecule has 1 aliphatic heterocycles.